The van der Waals surface area contributed by atoms with Gasteiger partial charge in [0.1, 0.15) is 0 Å². The third-order valence-electron chi connectivity index (χ3n) is 4.13. The van der Waals surface area contributed by atoms with E-state index in [0.717, 1.165) is 41.7 Å². The molecule has 4 heteroatoms. The Morgan fingerprint density at radius 3 is 3.11 bits per heavy atom. The van der Waals surface area contributed by atoms with Crippen molar-refractivity contribution in [3.63, 3.8) is 0 Å². The van der Waals surface area contributed by atoms with E-state index in [0.29, 0.717) is 12.0 Å². The molecular formula is C14H17BrN2O. The molecule has 0 saturated carbocycles. The van der Waals surface area contributed by atoms with E-state index in [-0.39, 0.29) is 5.91 Å². The zero-order valence-corrected chi connectivity index (χ0v) is 12.0. The summed E-state index contributed by atoms with van der Waals surface area (Å²) in [6, 6.07) is 6.28. The van der Waals surface area contributed by atoms with Crippen LogP contribution in [0.15, 0.2) is 22.7 Å². The number of nitrogens with zero attached hydrogens (tertiary/aromatic N) is 1. The van der Waals surface area contributed by atoms with Gasteiger partial charge in [0.2, 0.25) is 0 Å². The van der Waals surface area contributed by atoms with Gasteiger partial charge in [-0.2, -0.15) is 0 Å². The summed E-state index contributed by atoms with van der Waals surface area (Å²) >= 11 is 3.54. The summed E-state index contributed by atoms with van der Waals surface area (Å²) in [7, 11) is 0. The van der Waals surface area contributed by atoms with Crippen molar-refractivity contribution in [1.82, 2.24) is 10.2 Å². The Bertz CT molecular complexity index is 489. The van der Waals surface area contributed by atoms with Crippen LogP contribution in [0.5, 0.6) is 0 Å². The van der Waals surface area contributed by atoms with E-state index >= 15 is 0 Å². The normalized spacial score (nSPS) is 26.4. The zero-order chi connectivity index (χ0) is 12.7. The Kier molecular flexibility index (Phi) is 3.16. The van der Waals surface area contributed by atoms with Crippen LogP contribution in [-0.2, 0) is 0 Å². The molecule has 2 heterocycles. The van der Waals surface area contributed by atoms with Gasteiger partial charge < -0.3 is 10.2 Å². The molecule has 1 aromatic carbocycles. The van der Waals surface area contributed by atoms with Gasteiger partial charge in [0, 0.05) is 30.1 Å². The highest BCUT2D eigenvalue weighted by Crippen LogP contribution is 2.30. The van der Waals surface area contributed by atoms with Crippen molar-refractivity contribution < 1.29 is 4.79 Å². The van der Waals surface area contributed by atoms with Crippen molar-refractivity contribution >= 4 is 21.8 Å². The molecule has 2 aliphatic rings. The third kappa shape index (κ3) is 1.88. The molecule has 0 bridgehead atoms. The van der Waals surface area contributed by atoms with Crippen LogP contribution in [0.1, 0.15) is 22.3 Å². The fourth-order valence-corrected chi connectivity index (χ4v) is 3.50. The number of hydrogen-bond acceptors (Lipinski definition) is 2. The number of hydrogen-bond donors (Lipinski definition) is 1. The van der Waals surface area contributed by atoms with Crippen LogP contribution in [0.25, 0.3) is 0 Å². The van der Waals surface area contributed by atoms with E-state index in [1.54, 1.807) is 0 Å². The molecule has 1 N–H and O–H groups in total. The Morgan fingerprint density at radius 2 is 2.28 bits per heavy atom. The minimum absolute atomic E-state index is 0.168. The number of nitrogens with one attached hydrogen (secondary N) is 1. The monoisotopic (exact) mass is 308 g/mol. The molecule has 1 aromatic rings. The highest BCUT2D eigenvalue weighted by atomic mass is 79.9. The first kappa shape index (κ1) is 12.2. The van der Waals surface area contributed by atoms with Crippen LogP contribution < -0.4 is 5.32 Å². The molecule has 0 aromatic heterocycles. The number of likely N-dealkylation sites (tertiary alicyclic amines) is 1. The predicted octanol–water partition coefficient (Wildman–Crippen LogP) is 2.19. The van der Waals surface area contributed by atoms with Gasteiger partial charge in [-0.1, -0.05) is 12.1 Å². The molecule has 2 aliphatic heterocycles. The Labute approximate surface area is 116 Å². The standard InChI is InChI=1S/C14H17BrN2O/c1-9-3-2-4-11(13(9)15)14(18)17-6-5-10-7-16-8-12(10)17/h2-4,10,12,16H,5-8H2,1H3/t10-,12+/m0/s1. The van der Waals surface area contributed by atoms with Crippen LogP contribution in [-0.4, -0.2) is 36.5 Å². The van der Waals surface area contributed by atoms with Crippen molar-refractivity contribution in [2.75, 3.05) is 19.6 Å². The highest BCUT2D eigenvalue weighted by molar-refractivity contribution is 9.10. The summed E-state index contributed by atoms with van der Waals surface area (Å²) in [5.74, 6) is 0.819. The first-order valence-electron chi connectivity index (χ1n) is 6.45. The van der Waals surface area contributed by atoms with Gasteiger partial charge in [-0.25, -0.2) is 0 Å². The van der Waals surface area contributed by atoms with Crippen molar-refractivity contribution in [3.05, 3.63) is 33.8 Å². The number of aryl methyl sites for hydroxylation is 1. The van der Waals surface area contributed by atoms with E-state index in [2.05, 4.69) is 21.2 Å². The summed E-state index contributed by atoms with van der Waals surface area (Å²) in [6.07, 6.45) is 1.13. The molecule has 18 heavy (non-hydrogen) atoms. The first-order valence-corrected chi connectivity index (χ1v) is 7.24. The summed E-state index contributed by atoms with van der Waals surface area (Å²) in [6.45, 7) is 4.92. The molecule has 2 atom stereocenters. The van der Waals surface area contributed by atoms with Crippen LogP contribution in [0.2, 0.25) is 0 Å². The molecule has 1 amide bonds. The zero-order valence-electron chi connectivity index (χ0n) is 10.4. The van der Waals surface area contributed by atoms with Crippen LogP contribution in [0.3, 0.4) is 0 Å². The van der Waals surface area contributed by atoms with Crippen LogP contribution >= 0.6 is 15.9 Å². The van der Waals surface area contributed by atoms with Gasteiger partial charge in [-0.3, -0.25) is 4.79 Å². The number of benzene rings is 1. The van der Waals surface area contributed by atoms with Crippen molar-refractivity contribution in [2.45, 2.75) is 19.4 Å². The third-order valence-corrected chi connectivity index (χ3v) is 5.18. The van der Waals surface area contributed by atoms with E-state index in [1.807, 2.05) is 30.0 Å². The fourth-order valence-electron chi connectivity index (χ4n) is 3.07. The number of carbonyl (C=O) groups is 1. The molecule has 0 radical (unpaired) electrons. The van der Waals surface area contributed by atoms with E-state index < -0.39 is 0 Å². The lowest BCUT2D eigenvalue weighted by Gasteiger charge is -2.24. The maximum Gasteiger partial charge on any atom is 0.255 e. The average Bonchev–Trinajstić information content (AvgIpc) is 2.94. The van der Waals surface area contributed by atoms with Crippen LogP contribution in [0, 0.1) is 12.8 Å². The van der Waals surface area contributed by atoms with Crippen LogP contribution in [0.4, 0.5) is 0 Å². The van der Waals surface area contributed by atoms with Gasteiger partial charge in [-0.05, 0) is 46.8 Å². The molecule has 3 rings (SSSR count). The first-order chi connectivity index (χ1) is 8.68. The second-order valence-corrected chi connectivity index (χ2v) is 6.00. The number of fused-ring (bicyclic) bond motifs is 1. The maximum atomic E-state index is 12.6. The summed E-state index contributed by atoms with van der Waals surface area (Å²) in [5, 5.41) is 3.38. The minimum Gasteiger partial charge on any atom is -0.334 e. The lowest BCUT2D eigenvalue weighted by Crippen LogP contribution is -2.39. The van der Waals surface area contributed by atoms with Gasteiger partial charge >= 0.3 is 0 Å². The SMILES string of the molecule is Cc1cccc(C(=O)N2CC[C@H]3CNC[C@H]32)c1Br. The second-order valence-electron chi connectivity index (χ2n) is 5.21. The van der Waals surface area contributed by atoms with E-state index in [9.17, 15) is 4.79 Å². The summed E-state index contributed by atoms with van der Waals surface area (Å²) in [4.78, 5) is 14.7. The molecule has 2 fully saturated rings. The van der Waals surface area contributed by atoms with Crippen molar-refractivity contribution in [1.29, 1.82) is 0 Å². The summed E-state index contributed by atoms with van der Waals surface area (Å²) < 4.78 is 0.935. The minimum atomic E-state index is 0.168. The Balaban J connectivity index is 1.88. The largest absolute Gasteiger partial charge is 0.334 e. The smallest absolute Gasteiger partial charge is 0.255 e. The molecule has 0 unspecified atom stereocenters. The lowest BCUT2D eigenvalue weighted by atomic mass is 10.0. The van der Waals surface area contributed by atoms with Gasteiger partial charge in [-0.15, -0.1) is 0 Å². The molecule has 3 nitrogen and oxygen atoms in total. The molecule has 2 saturated heterocycles. The molecular weight excluding hydrogens is 292 g/mol. The second kappa shape index (κ2) is 4.67. The average molecular weight is 309 g/mol. The quantitative estimate of drug-likeness (QED) is 0.862. The fraction of sp³-hybridized carbons (Fsp3) is 0.500. The maximum absolute atomic E-state index is 12.6. The van der Waals surface area contributed by atoms with E-state index in [4.69, 9.17) is 0 Å². The predicted molar refractivity (Wildman–Crippen MR) is 74.7 cm³/mol. The number of carbonyl (C=O) groups excluding carboxylic acids is 1. The highest BCUT2D eigenvalue weighted by Gasteiger charge is 2.40. The number of amides is 1. The van der Waals surface area contributed by atoms with Crippen molar-refractivity contribution in [3.8, 4) is 0 Å². The Hall–Kier alpha value is -0.870. The Morgan fingerprint density at radius 1 is 1.44 bits per heavy atom. The van der Waals surface area contributed by atoms with Crippen molar-refractivity contribution in [2.24, 2.45) is 5.92 Å². The number of halogens is 1. The molecule has 0 aliphatic carbocycles. The molecule has 0 spiro atoms. The molecule has 96 valence electrons. The lowest BCUT2D eigenvalue weighted by molar-refractivity contribution is 0.0736. The topological polar surface area (TPSA) is 32.3 Å². The number of rotatable bonds is 1. The van der Waals surface area contributed by atoms with Gasteiger partial charge in [0.25, 0.3) is 5.91 Å². The summed E-state index contributed by atoms with van der Waals surface area (Å²) in [5.41, 5.74) is 1.91. The van der Waals surface area contributed by atoms with E-state index in [1.165, 1.54) is 0 Å². The van der Waals surface area contributed by atoms with Gasteiger partial charge in [0.05, 0.1) is 5.56 Å². The van der Waals surface area contributed by atoms with Gasteiger partial charge in [0.15, 0.2) is 0 Å².